The Hall–Kier alpha value is -2.78. The first kappa shape index (κ1) is 20.1. The van der Waals surface area contributed by atoms with Crippen LogP contribution in [0.2, 0.25) is 0 Å². The van der Waals surface area contributed by atoms with Crippen molar-refractivity contribution in [1.29, 1.82) is 0 Å². The number of nitrogens with zero attached hydrogens (tertiary/aromatic N) is 4. The average molecular weight is 425 g/mol. The van der Waals surface area contributed by atoms with Gasteiger partial charge in [-0.2, -0.15) is 0 Å². The Labute approximate surface area is 180 Å². The third-order valence-corrected chi connectivity index (χ3v) is 6.52. The molecule has 0 aliphatic carbocycles. The van der Waals surface area contributed by atoms with Crippen LogP contribution in [-0.4, -0.2) is 63.6 Å². The molecule has 164 valence electrons. The zero-order chi connectivity index (χ0) is 21.3. The highest BCUT2D eigenvalue weighted by atomic mass is 16.5. The molecule has 3 aliphatic heterocycles. The average Bonchev–Trinajstić information content (AvgIpc) is 3.42. The molecule has 5 rings (SSSR count). The van der Waals surface area contributed by atoms with Gasteiger partial charge in [-0.15, -0.1) is 5.10 Å². The molecule has 2 aromatic rings. The molecule has 1 aromatic heterocycles. The van der Waals surface area contributed by atoms with Gasteiger partial charge in [0, 0.05) is 31.2 Å². The smallest absolute Gasteiger partial charge is 0.253 e. The maximum atomic E-state index is 12.8. The fourth-order valence-corrected chi connectivity index (χ4v) is 4.63. The molecule has 0 saturated carbocycles. The summed E-state index contributed by atoms with van der Waals surface area (Å²) in [6.07, 6.45) is 2.28. The van der Waals surface area contributed by atoms with E-state index in [1.165, 1.54) is 0 Å². The van der Waals surface area contributed by atoms with E-state index in [1.54, 1.807) is 0 Å². The van der Waals surface area contributed by atoms with Crippen LogP contribution in [0.5, 0.6) is 0 Å². The van der Waals surface area contributed by atoms with Gasteiger partial charge in [0.05, 0.1) is 31.9 Å². The fourth-order valence-electron chi connectivity index (χ4n) is 4.63. The number of amides is 2. The van der Waals surface area contributed by atoms with Crippen LogP contribution in [0.4, 0.5) is 0 Å². The minimum atomic E-state index is -0.437. The van der Waals surface area contributed by atoms with E-state index < -0.39 is 5.60 Å². The Morgan fingerprint density at radius 1 is 1.16 bits per heavy atom. The van der Waals surface area contributed by atoms with Crippen molar-refractivity contribution >= 4 is 11.8 Å². The van der Waals surface area contributed by atoms with Crippen LogP contribution in [0, 0.1) is 5.92 Å². The van der Waals surface area contributed by atoms with Gasteiger partial charge in [0.25, 0.3) is 5.91 Å². The number of carbonyl (C=O) groups is 2. The monoisotopic (exact) mass is 425 g/mol. The van der Waals surface area contributed by atoms with Crippen molar-refractivity contribution in [2.45, 2.75) is 44.6 Å². The fraction of sp³-hybridized carbons (Fsp3) is 0.545. The van der Waals surface area contributed by atoms with E-state index in [9.17, 15) is 9.59 Å². The number of hydrogen-bond acceptors (Lipinski definition) is 6. The van der Waals surface area contributed by atoms with E-state index in [0.717, 1.165) is 30.7 Å². The molecule has 3 aliphatic rings. The third kappa shape index (κ3) is 4.07. The quantitative estimate of drug-likeness (QED) is 0.789. The highest BCUT2D eigenvalue weighted by Gasteiger charge is 2.45. The van der Waals surface area contributed by atoms with Crippen LogP contribution >= 0.6 is 0 Å². The summed E-state index contributed by atoms with van der Waals surface area (Å²) in [6, 6.07) is 9.33. The highest BCUT2D eigenvalue weighted by Crippen LogP contribution is 2.33. The van der Waals surface area contributed by atoms with Crippen LogP contribution in [0.3, 0.4) is 0 Å². The SMILES string of the molecule is O=C(NCc1nnn2c1COC1(CCN(C(=O)c3ccccc3)C1)C2)C1CCOCC1. The number of aromatic nitrogens is 3. The lowest BCUT2D eigenvalue weighted by atomic mass is 9.99. The van der Waals surface area contributed by atoms with E-state index in [1.807, 2.05) is 39.9 Å². The van der Waals surface area contributed by atoms with Crippen molar-refractivity contribution in [3.8, 4) is 0 Å². The first-order valence-electron chi connectivity index (χ1n) is 10.9. The molecule has 1 aromatic carbocycles. The van der Waals surface area contributed by atoms with Gasteiger partial charge in [0.2, 0.25) is 5.91 Å². The number of rotatable bonds is 4. The summed E-state index contributed by atoms with van der Waals surface area (Å²) in [5.41, 5.74) is 1.89. The Bertz CT molecular complexity index is 956. The van der Waals surface area contributed by atoms with E-state index in [0.29, 0.717) is 51.6 Å². The van der Waals surface area contributed by atoms with Gasteiger partial charge >= 0.3 is 0 Å². The second-order valence-electron chi connectivity index (χ2n) is 8.56. The molecule has 1 unspecified atom stereocenters. The van der Waals surface area contributed by atoms with Crippen molar-refractivity contribution in [2.75, 3.05) is 26.3 Å². The van der Waals surface area contributed by atoms with E-state index in [4.69, 9.17) is 9.47 Å². The molecule has 0 bridgehead atoms. The third-order valence-electron chi connectivity index (χ3n) is 6.52. The van der Waals surface area contributed by atoms with Crippen LogP contribution in [-0.2, 0) is 34.0 Å². The predicted octanol–water partition coefficient (Wildman–Crippen LogP) is 1.14. The molecule has 2 saturated heterocycles. The van der Waals surface area contributed by atoms with Gasteiger partial charge in [-0.25, -0.2) is 4.68 Å². The summed E-state index contributed by atoms with van der Waals surface area (Å²) in [5.74, 6) is 0.0809. The van der Waals surface area contributed by atoms with Crippen molar-refractivity contribution in [3.63, 3.8) is 0 Å². The molecular weight excluding hydrogens is 398 g/mol. The number of nitrogens with one attached hydrogen (secondary N) is 1. The minimum absolute atomic E-state index is 0.00583. The molecule has 1 spiro atoms. The number of likely N-dealkylation sites (tertiary alicyclic amines) is 1. The molecule has 9 nitrogen and oxygen atoms in total. The molecule has 31 heavy (non-hydrogen) atoms. The lowest BCUT2D eigenvalue weighted by molar-refractivity contribution is -0.128. The summed E-state index contributed by atoms with van der Waals surface area (Å²) in [5, 5.41) is 11.6. The van der Waals surface area contributed by atoms with Gasteiger partial charge in [-0.1, -0.05) is 23.4 Å². The Kier molecular flexibility index (Phi) is 5.45. The van der Waals surface area contributed by atoms with Gasteiger partial charge < -0.3 is 19.7 Å². The minimum Gasteiger partial charge on any atom is -0.381 e. The molecule has 4 heterocycles. The summed E-state index contributed by atoms with van der Waals surface area (Å²) >= 11 is 0. The second kappa shape index (κ2) is 8.39. The molecule has 2 fully saturated rings. The lowest BCUT2D eigenvalue weighted by Crippen LogP contribution is -2.45. The molecule has 1 atom stereocenters. The number of fused-ring (bicyclic) bond motifs is 1. The summed E-state index contributed by atoms with van der Waals surface area (Å²) in [6.45, 7) is 3.76. The van der Waals surface area contributed by atoms with E-state index in [2.05, 4.69) is 15.6 Å². The van der Waals surface area contributed by atoms with Gasteiger partial charge in [0.15, 0.2) is 0 Å². The summed E-state index contributed by atoms with van der Waals surface area (Å²) in [4.78, 5) is 27.0. The molecule has 2 amide bonds. The molecular formula is C22H27N5O4. The first-order valence-corrected chi connectivity index (χ1v) is 10.9. The Balaban J connectivity index is 1.20. The van der Waals surface area contributed by atoms with Gasteiger partial charge in [-0.05, 0) is 31.4 Å². The Morgan fingerprint density at radius 2 is 1.97 bits per heavy atom. The van der Waals surface area contributed by atoms with E-state index >= 15 is 0 Å². The van der Waals surface area contributed by atoms with E-state index in [-0.39, 0.29) is 17.7 Å². The normalized spacial score (nSPS) is 23.7. The summed E-state index contributed by atoms with van der Waals surface area (Å²) in [7, 11) is 0. The number of carbonyl (C=O) groups excluding carboxylic acids is 2. The second-order valence-corrected chi connectivity index (χ2v) is 8.56. The molecule has 1 N–H and O–H groups in total. The van der Waals surface area contributed by atoms with Crippen molar-refractivity contribution in [2.24, 2.45) is 5.92 Å². The van der Waals surface area contributed by atoms with Gasteiger partial charge in [-0.3, -0.25) is 9.59 Å². The molecule has 0 radical (unpaired) electrons. The Morgan fingerprint density at radius 3 is 2.77 bits per heavy atom. The van der Waals surface area contributed by atoms with Crippen molar-refractivity contribution < 1.29 is 19.1 Å². The maximum absolute atomic E-state index is 12.8. The number of hydrogen-bond donors (Lipinski definition) is 1. The maximum Gasteiger partial charge on any atom is 0.253 e. The van der Waals surface area contributed by atoms with Crippen LogP contribution in [0.25, 0.3) is 0 Å². The predicted molar refractivity (Wildman–Crippen MR) is 110 cm³/mol. The standard InChI is InChI=1S/C22H27N5O4/c28-20(16-6-10-30-11-7-16)23-12-18-19-13-31-22(15-27(19)25-24-18)8-9-26(14-22)21(29)17-4-2-1-3-5-17/h1-5,16H,6-15H2,(H,23,28). The van der Waals surface area contributed by atoms with Crippen molar-refractivity contribution in [1.82, 2.24) is 25.2 Å². The summed E-state index contributed by atoms with van der Waals surface area (Å²) < 4.78 is 13.5. The largest absolute Gasteiger partial charge is 0.381 e. The number of ether oxygens (including phenoxy) is 2. The lowest BCUT2D eigenvalue weighted by Gasteiger charge is -2.34. The first-order chi connectivity index (χ1) is 15.1. The van der Waals surface area contributed by atoms with Crippen LogP contribution in [0.15, 0.2) is 30.3 Å². The van der Waals surface area contributed by atoms with Crippen LogP contribution < -0.4 is 5.32 Å². The zero-order valence-corrected chi connectivity index (χ0v) is 17.5. The topological polar surface area (TPSA) is 98.6 Å². The highest BCUT2D eigenvalue weighted by molar-refractivity contribution is 5.94. The van der Waals surface area contributed by atoms with Crippen LogP contribution in [0.1, 0.15) is 41.0 Å². The zero-order valence-electron chi connectivity index (χ0n) is 17.5. The molecule has 9 heteroatoms. The van der Waals surface area contributed by atoms with Crippen molar-refractivity contribution in [3.05, 3.63) is 47.3 Å². The number of benzene rings is 1. The van der Waals surface area contributed by atoms with Gasteiger partial charge in [0.1, 0.15) is 11.3 Å².